The van der Waals surface area contributed by atoms with Crippen LogP contribution in [-0.2, 0) is 24.0 Å². The molecule has 4 unspecified atom stereocenters. The highest BCUT2D eigenvalue weighted by Crippen LogP contribution is 2.05. The zero-order valence-electron chi connectivity index (χ0n) is 16.7. The van der Waals surface area contributed by atoms with E-state index in [-0.39, 0.29) is 11.8 Å². The van der Waals surface area contributed by atoms with Crippen LogP contribution in [0, 0.1) is 11.8 Å². The molecule has 0 aliphatic heterocycles. The average Bonchev–Trinajstić information content (AvgIpc) is 2.54. The van der Waals surface area contributed by atoms with Crippen LogP contribution < -0.4 is 21.7 Å². The van der Waals surface area contributed by atoms with Gasteiger partial charge in [-0.1, -0.05) is 27.7 Å². The van der Waals surface area contributed by atoms with E-state index in [0.717, 1.165) is 0 Å². The Bertz CT molecular complexity index is 606. The van der Waals surface area contributed by atoms with Crippen LogP contribution in [0.3, 0.4) is 0 Å². The molecule has 0 saturated heterocycles. The summed E-state index contributed by atoms with van der Waals surface area (Å²) in [4.78, 5) is 58.4. The quantitative estimate of drug-likeness (QED) is 0.245. The van der Waals surface area contributed by atoms with Gasteiger partial charge in [0.25, 0.3) is 0 Å². The summed E-state index contributed by atoms with van der Waals surface area (Å²) in [6.07, 6.45) is -0.594. The molecule has 0 heterocycles. The SMILES string of the molecule is CC(NC(=O)C(NC(=O)C(N)CC(=O)O)C(C)C)C(=O)NC(C(=O)O)C(C)C. The summed E-state index contributed by atoms with van der Waals surface area (Å²) >= 11 is 0. The van der Waals surface area contributed by atoms with Gasteiger partial charge in [-0.05, 0) is 18.8 Å². The number of carboxylic acids is 2. The fourth-order valence-electron chi connectivity index (χ4n) is 2.24. The summed E-state index contributed by atoms with van der Waals surface area (Å²) in [5.41, 5.74) is 5.48. The van der Waals surface area contributed by atoms with Gasteiger partial charge in [0.05, 0.1) is 12.5 Å². The van der Waals surface area contributed by atoms with E-state index in [1.165, 1.54) is 6.92 Å². The summed E-state index contributed by atoms with van der Waals surface area (Å²) in [5.74, 6) is -5.35. The Balaban J connectivity index is 5.00. The minimum Gasteiger partial charge on any atom is -0.481 e. The Morgan fingerprint density at radius 3 is 1.61 bits per heavy atom. The van der Waals surface area contributed by atoms with Crippen molar-refractivity contribution >= 4 is 29.7 Å². The molecule has 0 aromatic rings. The van der Waals surface area contributed by atoms with E-state index in [9.17, 15) is 24.0 Å². The van der Waals surface area contributed by atoms with Crippen LogP contribution in [0.2, 0.25) is 0 Å². The second kappa shape index (κ2) is 11.2. The second-order valence-corrected chi connectivity index (χ2v) is 7.23. The zero-order chi connectivity index (χ0) is 22.2. The predicted octanol–water partition coefficient (Wildman–Crippen LogP) is -1.34. The lowest BCUT2D eigenvalue weighted by Crippen LogP contribution is -2.58. The molecule has 0 spiro atoms. The number of nitrogens with two attached hydrogens (primary N) is 1. The number of nitrogens with one attached hydrogen (secondary N) is 3. The van der Waals surface area contributed by atoms with Crippen LogP contribution in [0.5, 0.6) is 0 Å². The van der Waals surface area contributed by atoms with Crippen molar-refractivity contribution in [2.24, 2.45) is 17.6 Å². The Hall–Kier alpha value is -2.69. The van der Waals surface area contributed by atoms with Crippen molar-refractivity contribution in [1.82, 2.24) is 16.0 Å². The van der Waals surface area contributed by atoms with Crippen molar-refractivity contribution in [3.63, 3.8) is 0 Å². The van der Waals surface area contributed by atoms with E-state index in [1.54, 1.807) is 27.7 Å². The topological polar surface area (TPSA) is 188 Å². The number of carbonyl (C=O) groups is 5. The van der Waals surface area contributed by atoms with Gasteiger partial charge in [-0.25, -0.2) is 4.79 Å². The van der Waals surface area contributed by atoms with Gasteiger partial charge in [0.15, 0.2) is 0 Å². The van der Waals surface area contributed by atoms with Crippen molar-refractivity contribution in [2.75, 3.05) is 0 Å². The van der Waals surface area contributed by atoms with Crippen molar-refractivity contribution in [3.8, 4) is 0 Å². The highest BCUT2D eigenvalue weighted by atomic mass is 16.4. The number of rotatable bonds is 11. The van der Waals surface area contributed by atoms with Crippen molar-refractivity contribution in [2.45, 2.75) is 65.2 Å². The number of aliphatic carboxylic acids is 2. The molecule has 11 nitrogen and oxygen atoms in total. The van der Waals surface area contributed by atoms with Crippen LogP contribution in [0.25, 0.3) is 0 Å². The molecule has 3 amide bonds. The summed E-state index contributed by atoms with van der Waals surface area (Å²) in [7, 11) is 0. The maximum absolute atomic E-state index is 12.5. The van der Waals surface area contributed by atoms with Gasteiger partial charge >= 0.3 is 11.9 Å². The standard InChI is InChI=1S/C17H30N4O7/c1-7(2)12(20-15(25)10(18)6-11(22)23)16(26)19-9(5)14(24)21-13(8(3)4)17(27)28/h7-10,12-13H,6,18H2,1-5H3,(H,19,26)(H,20,25)(H,21,24)(H,22,23)(H,27,28). The summed E-state index contributed by atoms with van der Waals surface area (Å²) in [5, 5.41) is 25.0. The number of hydrogen-bond donors (Lipinski definition) is 6. The zero-order valence-corrected chi connectivity index (χ0v) is 16.7. The Labute approximate surface area is 163 Å². The molecule has 0 aromatic heterocycles. The van der Waals surface area contributed by atoms with Crippen LogP contribution in [0.4, 0.5) is 0 Å². The summed E-state index contributed by atoms with van der Waals surface area (Å²) < 4.78 is 0. The lowest BCUT2D eigenvalue weighted by atomic mass is 10.0. The van der Waals surface area contributed by atoms with Gasteiger partial charge in [-0.2, -0.15) is 0 Å². The monoisotopic (exact) mass is 402 g/mol. The van der Waals surface area contributed by atoms with E-state index < -0.39 is 60.2 Å². The average molecular weight is 402 g/mol. The van der Waals surface area contributed by atoms with Crippen molar-refractivity contribution < 1.29 is 34.2 Å². The van der Waals surface area contributed by atoms with E-state index >= 15 is 0 Å². The molecule has 7 N–H and O–H groups in total. The summed E-state index contributed by atoms with van der Waals surface area (Å²) in [6.45, 7) is 7.94. The first-order valence-corrected chi connectivity index (χ1v) is 8.89. The predicted molar refractivity (Wildman–Crippen MR) is 99.0 cm³/mol. The van der Waals surface area contributed by atoms with Gasteiger partial charge in [-0.3, -0.25) is 19.2 Å². The molecule has 0 aromatic carbocycles. The molecular formula is C17H30N4O7. The molecule has 0 aliphatic rings. The molecule has 0 aliphatic carbocycles. The van der Waals surface area contributed by atoms with Crippen molar-refractivity contribution in [1.29, 1.82) is 0 Å². The molecule has 0 bridgehead atoms. The smallest absolute Gasteiger partial charge is 0.326 e. The molecular weight excluding hydrogens is 372 g/mol. The Kier molecular flexibility index (Phi) is 10.1. The largest absolute Gasteiger partial charge is 0.481 e. The molecule has 4 atom stereocenters. The molecule has 0 saturated carbocycles. The summed E-state index contributed by atoms with van der Waals surface area (Å²) in [6, 6.07) is -4.54. The van der Waals surface area contributed by atoms with Gasteiger partial charge in [-0.15, -0.1) is 0 Å². The van der Waals surface area contributed by atoms with Gasteiger partial charge < -0.3 is 31.9 Å². The highest BCUT2D eigenvalue weighted by Gasteiger charge is 2.31. The highest BCUT2D eigenvalue weighted by molar-refractivity contribution is 5.94. The van der Waals surface area contributed by atoms with E-state index in [1.807, 2.05) is 0 Å². The maximum Gasteiger partial charge on any atom is 0.326 e. The van der Waals surface area contributed by atoms with E-state index in [2.05, 4.69) is 16.0 Å². The first-order chi connectivity index (χ1) is 12.8. The molecule has 11 heteroatoms. The van der Waals surface area contributed by atoms with Gasteiger partial charge in [0.2, 0.25) is 17.7 Å². The van der Waals surface area contributed by atoms with Crippen LogP contribution in [-0.4, -0.2) is 64.0 Å². The molecule has 160 valence electrons. The Morgan fingerprint density at radius 2 is 1.21 bits per heavy atom. The minimum atomic E-state index is -1.32. The molecule has 0 rings (SSSR count). The van der Waals surface area contributed by atoms with E-state index in [0.29, 0.717) is 0 Å². The lowest BCUT2D eigenvalue weighted by Gasteiger charge is -2.26. The normalized spacial score (nSPS) is 15.3. The minimum absolute atomic E-state index is 0.359. The first-order valence-electron chi connectivity index (χ1n) is 8.89. The van der Waals surface area contributed by atoms with Crippen LogP contribution in [0.1, 0.15) is 41.0 Å². The van der Waals surface area contributed by atoms with Gasteiger partial charge in [0.1, 0.15) is 18.1 Å². The third-order valence-corrected chi connectivity index (χ3v) is 3.96. The lowest BCUT2D eigenvalue weighted by molar-refractivity contribution is -0.143. The number of carbonyl (C=O) groups excluding carboxylic acids is 3. The molecule has 28 heavy (non-hydrogen) atoms. The maximum atomic E-state index is 12.5. The van der Waals surface area contributed by atoms with E-state index in [4.69, 9.17) is 15.9 Å². The number of hydrogen-bond acceptors (Lipinski definition) is 6. The first kappa shape index (κ1) is 25.3. The number of amides is 3. The fraction of sp³-hybridized carbons (Fsp3) is 0.706. The third-order valence-electron chi connectivity index (χ3n) is 3.96. The molecule has 0 fully saturated rings. The van der Waals surface area contributed by atoms with Crippen LogP contribution in [0.15, 0.2) is 0 Å². The third kappa shape index (κ3) is 8.33. The van der Waals surface area contributed by atoms with Crippen LogP contribution >= 0.6 is 0 Å². The Morgan fingerprint density at radius 1 is 0.750 bits per heavy atom. The van der Waals surface area contributed by atoms with Crippen molar-refractivity contribution in [3.05, 3.63) is 0 Å². The number of carboxylic acid groups (broad SMARTS) is 2. The second-order valence-electron chi connectivity index (χ2n) is 7.23. The fourth-order valence-corrected chi connectivity index (χ4v) is 2.24. The van der Waals surface area contributed by atoms with Gasteiger partial charge in [0, 0.05) is 0 Å². The molecule has 0 radical (unpaired) electrons.